The fourth-order valence-corrected chi connectivity index (χ4v) is 4.83. The Hall–Kier alpha value is -1.58. The average Bonchev–Trinajstić information content (AvgIpc) is 2.55. The van der Waals surface area contributed by atoms with E-state index in [1.807, 2.05) is 0 Å². The van der Waals surface area contributed by atoms with E-state index >= 15 is 0 Å². The average molecular weight is 372 g/mol. The van der Waals surface area contributed by atoms with Crippen molar-refractivity contribution in [1.29, 1.82) is 0 Å². The van der Waals surface area contributed by atoms with E-state index in [4.69, 9.17) is 5.11 Å². The molecule has 0 aromatic heterocycles. The van der Waals surface area contributed by atoms with Crippen molar-refractivity contribution in [3.63, 3.8) is 0 Å². The van der Waals surface area contributed by atoms with Gasteiger partial charge in [0.05, 0.1) is 17.7 Å². The van der Waals surface area contributed by atoms with Crippen LogP contribution in [0.4, 0.5) is 0 Å². The number of carboxylic acid groups (broad SMARTS) is 1. The van der Waals surface area contributed by atoms with Gasteiger partial charge >= 0.3 is 5.97 Å². The predicted molar refractivity (Wildman–Crippen MR) is 92.8 cm³/mol. The van der Waals surface area contributed by atoms with E-state index in [2.05, 4.69) is 5.32 Å². The lowest BCUT2D eigenvalue weighted by Crippen LogP contribution is -2.42. The SMILES string of the molecule is O=C(Cc1cccc(C(=O)O)c1)NCCS(=O)(=O)N1CCSCC1. The maximum absolute atomic E-state index is 12.1. The number of hydrogen-bond acceptors (Lipinski definition) is 5. The summed E-state index contributed by atoms with van der Waals surface area (Å²) >= 11 is 1.73. The standard InChI is InChI=1S/C15H20N2O5S2/c18-14(11-12-2-1-3-13(10-12)15(19)20)16-4-9-24(21,22)17-5-7-23-8-6-17/h1-3,10H,4-9,11H2,(H,16,18)(H,19,20). The number of hydrogen-bond donors (Lipinski definition) is 2. The third kappa shape index (κ3) is 5.50. The largest absolute Gasteiger partial charge is 0.478 e. The molecule has 7 nitrogen and oxygen atoms in total. The number of thioether (sulfide) groups is 1. The molecule has 1 fully saturated rings. The molecule has 1 aliphatic heterocycles. The first-order valence-electron chi connectivity index (χ1n) is 7.53. The summed E-state index contributed by atoms with van der Waals surface area (Å²) in [5.74, 6) is 0.0836. The maximum atomic E-state index is 12.1. The second-order valence-corrected chi connectivity index (χ2v) is 8.67. The van der Waals surface area contributed by atoms with Gasteiger partial charge in [-0.3, -0.25) is 4.79 Å². The van der Waals surface area contributed by atoms with Crippen LogP contribution in [0, 0.1) is 0 Å². The summed E-state index contributed by atoms with van der Waals surface area (Å²) in [5.41, 5.74) is 0.689. The van der Waals surface area contributed by atoms with Crippen molar-refractivity contribution in [3.05, 3.63) is 35.4 Å². The second kappa shape index (κ2) is 8.50. The summed E-state index contributed by atoms with van der Waals surface area (Å²) in [6.07, 6.45) is 0.0154. The molecule has 1 aliphatic rings. The van der Waals surface area contributed by atoms with Crippen molar-refractivity contribution in [2.45, 2.75) is 6.42 Å². The lowest BCUT2D eigenvalue weighted by Gasteiger charge is -2.25. The highest BCUT2D eigenvalue weighted by Crippen LogP contribution is 2.13. The first-order chi connectivity index (χ1) is 11.4. The van der Waals surface area contributed by atoms with Crippen LogP contribution < -0.4 is 5.32 Å². The molecule has 0 atom stereocenters. The number of amides is 1. The Balaban J connectivity index is 1.81. The molecule has 1 aromatic rings. The molecule has 0 aliphatic carbocycles. The number of sulfonamides is 1. The van der Waals surface area contributed by atoms with Gasteiger partial charge in [-0.05, 0) is 17.7 Å². The summed E-state index contributed by atoms with van der Waals surface area (Å²) < 4.78 is 25.8. The summed E-state index contributed by atoms with van der Waals surface area (Å²) in [5, 5.41) is 11.5. The van der Waals surface area contributed by atoms with Crippen LogP contribution in [0.3, 0.4) is 0 Å². The van der Waals surface area contributed by atoms with Crippen LogP contribution in [0.5, 0.6) is 0 Å². The van der Waals surface area contributed by atoms with Crippen molar-refractivity contribution in [3.8, 4) is 0 Å². The number of carbonyl (C=O) groups excluding carboxylic acids is 1. The predicted octanol–water partition coefficient (Wildman–Crippen LogP) is 0.422. The minimum atomic E-state index is -3.34. The number of carboxylic acids is 1. The fraction of sp³-hybridized carbons (Fsp3) is 0.467. The first kappa shape index (κ1) is 18.8. The van der Waals surface area contributed by atoms with Crippen molar-refractivity contribution >= 4 is 33.7 Å². The Bertz CT molecular complexity index is 700. The smallest absolute Gasteiger partial charge is 0.335 e. The molecule has 9 heteroatoms. The van der Waals surface area contributed by atoms with Crippen LogP contribution in [-0.4, -0.2) is 66.6 Å². The van der Waals surface area contributed by atoms with Gasteiger partial charge < -0.3 is 10.4 Å². The number of nitrogens with one attached hydrogen (secondary N) is 1. The molecule has 2 rings (SSSR count). The Morgan fingerprint density at radius 3 is 2.62 bits per heavy atom. The van der Waals surface area contributed by atoms with E-state index < -0.39 is 16.0 Å². The quantitative estimate of drug-likeness (QED) is 0.719. The van der Waals surface area contributed by atoms with E-state index in [1.165, 1.54) is 16.4 Å². The number of benzene rings is 1. The summed E-state index contributed by atoms with van der Waals surface area (Å²) in [7, 11) is -3.34. The van der Waals surface area contributed by atoms with Crippen LogP contribution in [0.1, 0.15) is 15.9 Å². The van der Waals surface area contributed by atoms with Crippen LogP contribution in [0.25, 0.3) is 0 Å². The zero-order chi connectivity index (χ0) is 17.6. The molecule has 1 heterocycles. The first-order valence-corrected chi connectivity index (χ1v) is 10.3. The highest BCUT2D eigenvalue weighted by molar-refractivity contribution is 7.99. The maximum Gasteiger partial charge on any atom is 0.335 e. The van der Waals surface area contributed by atoms with E-state index in [0.29, 0.717) is 18.7 Å². The lowest BCUT2D eigenvalue weighted by molar-refractivity contribution is -0.120. The topological polar surface area (TPSA) is 104 Å². The highest BCUT2D eigenvalue weighted by atomic mass is 32.2. The third-order valence-corrected chi connectivity index (χ3v) is 6.40. The molecule has 0 saturated carbocycles. The molecule has 132 valence electrons. The molecule has 1 aromatic carbocycles. The Morgan fingerprint density at radius 1 is 1.25 bits per heavy atom. The van der Waals surface area contributed by atoms with Gasteiger partial charge in [-0.2, -0.15) is 11.8 Å². The molecule has 24 heavy (non-hydrogen) atoms. The third-order valence-electron chi connectivity index (χ3n) is 3.58. The number of aromatic carboxylic acids is 1. The van der Waals surface area contributed by atoms with Crippen LogP contribution in [0.2, 0.25) is 0 Å². The van der Waals surface area contributed by atoms with Gasteiger partial charge in [0.1, 0.15) is 0 Å². The monoisotopic (exact) mass is 372 g/mol. The zero-order valence-corrected chi connectivity index (χ0v) is 14.7. The molecular weight excluding hydrogens is 352 g/mol. The second-order valence-electron chi connectivity index (χ2n) is 5.36. The number of carbonyl (C=O) groups is 2. The summed E-state index contributed by atoms with van der Waals surface area (Å²) in [6, 6.07) is 6.12. The van der Waals surface area contributed by atoms with Gasteiger partial charge in [-0.25, -0.2) is 17.5 Å². The van der Waals surface area contributed by atoms with Crippen molar-refractivity contribution < 1.29 is 23.1 Å². The van der Waals surface area contributed by atoms with E-state index in [9.17, 15) is 18.0 Å². The molecule has 0 bridgehead atoms. The van der Waals surface area contributed by atoms with Crippen LogP contribution in [0.15, 0.2) is 24.3 Å². The Morgan fingerprint density at radius 2 is 1.96 bits per heavy atom. The van der Waals surface area contributed by atoms with Gasteiger partial charge in [0.25, 0.3) is 0 Å². The van der Waals surface area contributed by atoms with E-state index in [1.54, 1.807) is 23.9 Å². The van der Waals surface area contributed by atoms with Crippen LogP contribution in [-0.2, 0) is 21.2 Å². The minimum absolute atomic E-state index is 0.0154. The van der Waals surface area contributed by atoms with E-state index in [0.717, 1.165) is 11.5 Å². The molecule has 0 unspecified atom stereocenters. The van der Waals surface area contributed by atoms with Crippen LogP contribution >= 0.6 is 11.8 Å². The fourth-order valence-electron chi connectivity index (χ4n) is 2.34. The van der Waals surface area contributed by atoms with Gasteiger partial charge in [-0.15, -0.1) is 0 Å². The molecule has 1 saturated heterocycles. The summed E-state index contributed by atoms with van der Waals surface area (Å²) in [4.78, 5) is 22.8. The van der Waals surface area contributed by atoms with Gasteiger partial charge in [0.15, 0.2) is 0 Å². The summed E-state index contributed by atoms with van der Waals surface area (Å²) in [6.45, 7) is 1.08. The van der Waals surface area contributed by atoms with Crippen molar-refractivity contribution in [2.24, 2.45) is 0 Å². The molecular formula is C15H20N2O5S2. The molecule has 0 spiro atoms. The van der Waals surface area contributed by atoms with E-state index in [-0.39, 0.29) is 30.2 Å². The van der Waals surface area contributed by atoms with Crippen molar-refractivity contribution in [1.82, 2.24) is 9.62 Å². The number of nitrogens with zero attached hydrogens (tertiary/aromatic N) is 1. The molecule has 0 radical (unpaired) electrons. The molecule has 2 N–H and O–H groups in total. The normalized spacial score (nSPS) is 15.8. The van der Waals surface area contributed by atoms with Crippen molar-refractivity contribution in [2.75, 3.05) is 36.9 Å². The minimum Gasteiger partial charge on any atom is -0.478 e. The highest BCUT2D eigenvalue weighted by Gasteiger charge is 2.23. The Kier molecular flexibility index (Phi) is 6.64. The lowest BCUT2D eigenvalue weighted by atomic mass is 10.1. The Labute approximate surface area is 145 Å². The number of rotatable bonds is 7. The molecule has 1 amide bonds. The van der Waals surface area contributed by atoms with Gasteiger partial charge in [0.2, 0.25) is 15.9 Å². The van der Waals surface area contributed by atoms with Gasteiger partial charge in [0, 0.05) is 31.1 Å². The zero-order valence-electron chi connectivity index (χ0n) is 13.1. The van der Waals surface area contributed by atoms with Gasteiger partial charge in [-0.1, -0.05) is 12.1 Å².